The van der Waals surface area contributed by atoms with Crippen LogP contribution in [0.25, 0.3) is 11.1 Å². The third-order valence-electron chi connectivity index (χ3n) is 6.18. The van der Waals surface area contributed by atoms with E-state index in [-0.39, 0.29) is 5.82 Å². The number of hydrogen-bond donors (Lipinski definition) is 1. The van der Waals surface area contributed by atoms with Gasteiger partial charge in [-0.2, -0.15) is 5.26 Å². The maximum absolute atomic E-state index is 14.0. The van der Waals surface area contributed by atoms with Crippen molar-refractivity contribution >= 4 is 0 Å². The lowest BCUT2D eigenvalue weighted by atomic mass is 9.74. The first kappa shape index (κ1) is 18.1. The van der Waals surface area contributed by atoms with E-state index in [0.717, 1.165) is 29.8 Å². The first-order valence-corrected chi connectivity index (χ1v) is 10.0. The summed E-state index contributed by atoms with van der Waals surface area (Å²) in [5.74, 6) is 0.388. The fourth-order valence-corrected chi connectivity index (χ4v) is 4.73. The minimum atomic E-state index is -0.118. The SMILES string of the molecule is N#Cc1cccc(-c2ccc(C3[C@@H]4CN(Cc5ccccc5F)C[C@H]3N4)cc2)c1. The molecule has 3 heterocycles. The van der Waals surface area contributed by atoms with Crippen LogP contribution in [-0.4, -0.2) is 30.1 Å². The molecule has 3 aliphatic rings. The van der Waals surface area contributed by atoms with Crippen molar-refractivity contribution in [3.63, 3.8) is 0 Å². The molecule has 29 heavy (non-hydrogen) atoms. The average Bonchev–Trinajstić information content (AvgIpc) is 2.76. The molecule has 0 aliphatic carbocycles. The predicted molar refractivity (Wildman–Crippen MR) is 112 cm³/mol. The smallest absolute Gasteiger partial charge is 0.127 e. The Hall–Kier alpha value is -3.00. The van der Waals surface area contributed by atoms with Crippen LogP contribution in [0.1, 0.15) is 22.6 Å². The molecule has 3 nitrogen and oxygen atoms in total. The van der Waals surface area contributed by atoms with Gasteiger partial charge >= 0.3 is 0 Å². The van der Waals surface area contributed by atoms with Crippen LogP contribution in [0.2, 0.25) is 0 Å². The standard InChI is InChI=1S/C25H22FN3/c26-22-7-2-1-5-21(22)14-29-15-23-25(24(16-29)28-23)19-10-8-18(9-11-19)20-6-3-4-17(12-20)13-27/h1-12,23-25,28H,14-16H2/t23-,24+,25?. The molecule has 0 saturated carbocycles. The highest BCUT2D eigenvalue weighted by Crippen LogP contribution is 2.38. The summed E-state index contributed by atoms with van der Waals surface area (Å²) < 4.78 is 14.0. The minimum Gasteiger partial charge on any atom is -0.307 e. The summed E-state index contributed by atoms with van der Waals surface area (Å²) in [5.41, 5.74) is 5.00. The number of rotatable bonds is 4. The highest BCUT2D eigenvalue weighted by Gasteiger charge is 2.46. The maximum Gasteiger partial charge on any atom is 0.127 e. The maximum atomic E-state index is 14.0. The number of nitriles is 1. The Morgan fingerprint density at radius 1 is 0.931 bits per heavy atom. The number of nitrogens with zero attached hydrogens (tertiary/aromatic N) is 2. The van der Waals surface area contributed by atoms with E-state index in [1.54, 1.807) is 6.07 Å². The molecule has 0 radical (unpaired) electrons. The van der Waals surface area contributed by atoms with Gasteiger partial charge in [0.15, 0.2) is 0 Å². The van der Waals surface area contributed by atoms with Crippen LogP contribution >= 0.6 is 0 Å². The van der Waals surface area contributed by atoms with Crippen molar-refractivity contribution in [2.24, 2.45) is 0 Å². The van der Waals surface area contributed by atoms with E-state index in [2.05, 4.69) is 40.6 Å². The molecule has 4 heteroatoms. The molecular formula is C25H22FN3. The summed E-state index contributed by atoms with van der Waals surface area (Å²) in [6.45, 7) is 2.53. The molecule has 3 saturated heterocycles. The molecular weight excluding hydrogens is 361 g/mol. The Morgan fingerprint density at radius 2 is 1.69 bits per heavy atom. The second-order valence-corrected chi connectivity index (χ2v) is 8.01. The van der Waals surface area contributed by atoms with Crippen molar-refractivity contribution in [3.8, 4) is 17.2 Å². The second-order valence-electron chi connectivity index (χ2n) is 8.01. The summed E-state index contributed by atoms with van der Waals surface area (Å²) >= 11 is 0. The number of benzene rings is 3. The third kappa shape index (κ3) is 3.44. The molecule has 3 fully saturated rings. The van der Waals surface area contributed by atoms with Crippen LogP contribution in [0.5, 0.6) is 0 Å². The van der Waals surface area contributed by atoms with E-state index >= 15 is 0 Å². The quantitative estimate of drug-likeness (QED) is 0.730. The lowest BCUT2D eigenvalue weighted by molar-refractivity contribution is 0.0464. The van der Waals surface area contributed by atoms with E-state index in [9.17, 15) is 4.39 Å². The van der Waals surface area contributed by atoms with Gasteiger partial charge in [0.1, 0.15) is 5.82 Å². The topological polar surface area (TPSA) is 39.1 Å². The van der Waals surface area contributed by atoms with E-state index < -0.39 is 0 Å². The van der Waals surface area contributed by atoms with Crippen LogP contribution in [0, 0.1) is 17.1 Å². The van der Waals surface area contributed by atoms with Gasteiger partial charge in [0.25, 0.3) is 0 Å². The normalized spacial score (nSPS) is 23.2. The molecule has 3 atom stereocenters. The first-order chi connectivity index (χ1) is 14.2. The number of fused-ring (bicyclic) bond motifs is 2. The highest BCUT2D eigenvalue weighted by molar-refractivity contribution is 5.65. The molecule has 3 aromatic carbocycles. The molecule has 2 bridgehead atoms. The number of nitrogens with one attached hydrogen (secondary N) is 1. The van der Waals surface area contributed by atoms with Crippen LogP contribution in [-0.2, 0) is 6.54 Å². The van der Waals surface area contributed by atoms with Crippen molar-refractivity contribution in [2.75, 3.05) is 13.1 Å². The lowest BCUT2D eigenvalue weighted by Crippen LogP contribution is -2.71. The van der Waals surface area contributed by atoms with Crippen LogP contribution in [0.4, 0.5) is 4.39 Å². The van der Waals surface area contributed by atoms with Gasteiger partial charge in [0.05, 0.1) is 11.6 Å². The largest absolute Gasteiger partial charge is 0.307 e. The van der Waals surface area contributed by atoms with Gasteiger partial charge in [-0.3, -0.25) is 4.90 Å². The monoisotopic (exact) mass is 383 g/mol. The summed E-state index contributed by atoms with van der Waals surface area (Å²) in [4.78, 5) is 2.35. The summed E-state index contributed by atoms with van der Waals surface area (Å²) in [7, 11) is 0. The number of hydrogen-bond acceptors (Lipinski definition) is 3. The van der Waals surface area contributed by atoms with E-state index in [4.69, 9.17) is 5.26 Å². The van der Waals surface area contributed by atoms with Gasteiger partial charge < -0.3 is 5.32 Å². The Balaban J connectivity index is 1.27. The molecule has 1 N–H and O–H groups in total. The molecule has 144 valence electrons. The van der Waals surface area contributed by atoms with Gasteiger partial charge in [-0.05, 0) is 34.9 Å². The van der Waals surface area contributed by atoms with E-state index in [1.807, 2.05) is 36.4 Å². The Morgan fingerprint density at radius 3 is 2.41 bits per heavy atom. The van der Waals surface area contributed by atoms with Crippen LogP contribution < -0.4 is 5.32 Å². The van der Waals surface area contributed by atoms with Gasteiger partial charge in [-0.25, -0.2) is 4.39 Å². The fourth-order valence-electron chi connectivity index (χ4n) is 4.73. The first-order valence-electron chi connectivity index (χ1n) is 10.0. The fraction of sp³-hybridized carbons (Fsp3) is 0.240. The van der Waals surface area contributed by atoms with E-state index in [0.29, 0.717) is 30.1 Å². The second kappa shape index (κ2) is 7.44. The van der Waals surface area contributed by atoms with Crippen molar-refractivity contribution in [3.05, 3.63) is 95.3 Å². The number of piperidine rings is 1. The van der Waals surface area contributed by atoms with Gasteiger partial charge in [0.2, 0.25) is 0 Å². The lowest BCUT2D eigenvalue weighted by Gasteiger charge is -2.55. The molecule has 3 aromatic rings. The Labute approximate surface area is 170 Å². The minimum absolute atomic E-state index is 0.118. The third-order valence-corrected chi connectivity index (χ3v) is 6.18. The zero-order valence-corrected chi connectivity index (χ0v) is 16.1. The molecule has 0 aromatic heterocycles. The Bertz CT molecular complexity index is 1060. The van der Waals surface area contributed by atoms with E-state index in [1.165, 1.54) is 11.6 Å². The summed E-state index contributed by atoms with van der Waals surface area (Å²) in [6.07, 6.45) is 0. The van der Waals surface area contributed by atoms with Crippen molar-refractivity contribution in [1.29, 1.82) is 5.26 Å². The molecule has 0 amide bonds. The van der Waals surface area contributed by atoms with Crippen LogP contribution in [0.15, 0.2) is 72.8 Å². The van der Waals surface area contributed by atoms with Gasteiger partial charge in [-0.1, -0.05) is 54.6 Å². The number of piperazine rings is 1. The zero-order valence-electron chi connectivity index (χ0n) is 16.1. The van der Waals surface area contributed by atoms with Crippen molar-refractivity contribution < 1.29 is 4.39 Å². The van der Waals surface area contributed by atoms with Crippen molar-refractivity contribution in [2.45, 2.75) is 24.5 Å². The molecule has 6 rings (SSSR count). The highest BCUT2D eigenvalue weighted by atomic mass is 19.1. The predicted octanol–water partition coefficient (Wildman–Crippen LogP) is 4.30. The molecule has 0 spiro atoms. The summed E-state index contributed by atoms with van der Waals surface area (Å²) in [5, 5.41) is 12.8. The molecule has 1 unspecified atom stereocenters. The van der Waals surface area contributed by atoms with Gasteiger partial charge in [0, 0.05) is 43.2 Å². The van der Waals surface area contributed by atoms with Crippen LogP contribution in [0.3, 0.4) is 0 Å². The Kier molecular flexibility index (Phi) is 4.63. The van der Waals surface area contributed by atoms with Crippen molar-refractivity contribution in [1.82, 2.24) is 10.2 Å². The number of halogens is 1. The van der Waals surface area contributed by atoms with Gasteiger partial charge in [-0.15, -0.1) is 0 Å². The zero-order chi connectivity index (χ0) is 19.8. The molecule has 3 aliphatic heterocycles. The summed E-state index contributed by atoms with van der Waals surface area (Å²) in [6, 6.07) is 26.5. The average molecular weight is 383 g/mol.